The van der Waals surface area contributed by atoms with Crippen LogP contribution in [0.25, 0.3) is 10.4 Å². The first-order valence-electron chi connectivity index (χ1n) is 5.83. The highest BCUT2D eigenvalue weighted by atomic mass is 19.2. The van der Waals surface area contributed by atoms with Crippen LogP contribution in [0.2, 0.25) is 0 Å². The molecule has 0 aliphatic heterocycles. The van der Waals surface area contributed by atoms with Gasteiger partial charge < -0.3 is 10.6 Å². The zero-order valence-corrected chi connectivity index (χ0v) is 11.1. The highest BCUT2D eigenvalue weighted by Gasteiger charge is 2.22. The maximum absolute atomic E-state index is 13.6. The smallest absolute Gasteiger partial charge is 0.254 e. The molecule has 7 nitrogen and oxygen atoms in total. The topological polar surface area (TPSA) is 107 Å². The Morgan fingerprint density at radius 1 is 1.27 bits per heavy atom. The normalized spacial score (nSPS) is 9.59. The van der Waals surface area contributed by atoms with Gasteiger partial charge >= 0.3 is 0 Å². The van der Waals surface area contributed by atoms with Gasteiger partial charge in [0.1, 0.15) is 11.5 Å². The number of azide groups is 1. The van der Waals surface area contributed by atoms with Gasteiger partial charge in [-0.25, -0.2) is 13.2 Å². The first-order valence-corrected chi connectivity index (χ1v) is 5.83. The molecule has 1 aromatic carbocycles. The van der Waals surface area contributed by atoms with Crippen molar-refractivity contribution in [2.75, 3.05) is 13.1 Å². The number of hydrogen-bond donors (Lipinski definition) is 2. The summed E-state index contributed by atoms with van der Waals surface area (Å²) in [4.78, 5) is 24.6. The third-order valence-corrected chi connectivity index (χ3v) is 2.42. The van der Waals surface area contributed by atoms with Crippen molar-refractivity contribution in [3.05, 3.63) is 52.2 Å². The van der Waals surface area contributed by atoms with E-state index in [0.29, 0.717) is 6.07 Å². The number of amides is 2. The van der Waals surface area contributed by atoms with Gasteiger partial charge in [-0.15, -0.1) is 0 Å². The average molecular weight is 313 g/mol. The zero-order valence-electron chi connectivity index (χ0n) is 11.1. The molecule has 0 fully saturated rings. The molecule has 0 aliphatic carbocycles. The lowest BCUT2D eigenvalue weighted by molar-refractivity contribution is -0.116. The Kier molecular flexibility index (Phi) is 5.96. The van der Waals surface area contributed by atoms with Crippen molar-refractivity contribution in [2.45, 2.75) is 0 Å². The summed E-state index contributed by atoms with van der Waals surface area (Å²) in [5, 5.41) is 7.17. The number of hydrogen-bond acceptors (Lipinski definition) is 3. The molecule has 0 unspecified atom stereocenters. The largest absolute Gasteiger partial charge is 0.351 e. The Balaban J connectivity index is 2.84. The lowest BCUT2D eigenvalue weighted by atomic mass is 10.1. The molecule has 0 saturated heterocycles. The second-order valence-electron chi connectivity index (χ2n) is 3.82. The number of carbonyl (C=O) groups excluding carboxylic acids is 2. The maximum Gasteiger partial charge on any atom is 0.254 e. The molecule has 2 amide bonds. The lowest BCUT2D eigenvalue weighted by Gasteiger charge is -2.08. The molecule has 0 spiro atoms. The van der Waals surface area contributed by atoms with E-state index in [1.807, 2.05) is 0 Å². The fraction of sp³-hybridized carbons (Fsp3) is 0.167. The van der Waals surface area contributed by atoms with E-state index in [4.69, 9.17) is 5.53 Å². The maximum atomic E-state index is 13.6. The van der Waals surface area contributed by atoms with E-state index in [2.05, 4.69) is 27.2 Å². The Morgan fingerprint density at radius 2 is 1.91 bits per heavy atom. The van der Waals surface area contributed by atoms with Crippen LogP contribution in [0.15, 0.2) is 23.8 Å². The van der Waals surface area contributed by atoms with E-state index in [-0.39, 0.29) is 13.1 Å². The summed E-state index contributed by atoms with van der Waals surface area (Å²) in [6, 6.07) is 0.417. The second-order valence-corrected chi connectivity index (χ2v) is 3.82. The van der Waals surface area contributed by atoms with Gasteiger partial charge in [0.25, 0.3) is 5.91 Å². The predicted octanol–water partition coefficient (Wildman–Crippen LogP) is 2.08. The quantitative estimate of drug-likeness (QED) is 0.209. The molecule has 2 N–H and O–H groups in total. The molecule has 0 saturated carbocycles. The van der Waals surface area contributed by atoms with Crippen LogP contribution >= 0.6 is 0 Å². The zero-order chi connectivity index (χ0) is 16.7. The van der Waals surface area contributed by atoms with Gasteiger partial charge in [0.15, 0.2) is 11.6 Å². The summed E-state index contributed by atoms with van der Waals surface area (Å²) in [6.45, 7) is 3.13. The van der Waals surface area contributed by atoms with Crippen molar-refractivity contribution in [1.82, 2.24) is 10.6 Å². The van der Waals surface area contributed by atoms with Crippen LogP contribution in [0, 0.1) is 17.5 Å². The Morgan fingerprint density at radius 3 is 2.50 bits per heavy atom. The minimum absolute atomic E-state index is 0.0139. The molecule has 0 bridgehead atoms. The first kappa shape index (κ1) is 17.1. The van der Waals surface area contributed by atoms with Crippen molar-refractivity contribution < 1.29 is 22.8 Å². The van der Waals surface area contributed by atoms with Gasteiger partial charge in [0, 0.05) is 18.0 Å². The van der Waals surface area contributed by atoms with Crippen molar-refractivity contribution in [1.29, 1.82) is 0 Å². The van der Waals surface area contributed by atoms with Gasteiger partial charge in [-0.3, -0.25) is 9.59 Å². The Bertz CT molecular complexity index is 671. The lowest BCUT2D eigenvalue weighted by Crippen LogP contribution is -2.34. The van der Waals surface area contributed by atoms with Crippen LogP contribution in [-0.2, 0) is 4.79 Å². The molecule has 0 atom stereocenters. The first-order chi connectivity index (χ1) is 10.4. The molecular weight excluding hydrogens is 303 g/mol. The molecular formula is C12H10F3N5O2. The summed E-state index contributed by atoms with van der Waals surface area (Å²) in [7, 11) is 0. The van der Waals surface area contributed by atoms with E-state index < -0.39 is 40.5 Å². The summed E-state index contributed by atoms with van der Waals surface area (Å²) in [6.07, 6.45) is 1.01. The molecule has 1 rings (SSSR count). The standard InChI is InChI=1S/C12H10F3N5O2/c1-2-8(21)17-3-4-18-12(22)6-5-7(13)11(19-20-16)10(15)9(6)14/h2,5H,1,3-4H2,(H,17,21)(H,18,22). The third kappa shape index (κ3) is 4.00. The monoisotopic (exact) mass is 313 g/mol. The average Bonchev–Trinajstić information content (AvgIpc) is 2.51. The van der Waals surface area contributed by atoms with Crippen LogP contribution < -0.4 is 10.6 Å². The SMILES string of the molecule is C=CC(=O)NCCNC(=O)c1cc(F)c(N=[N+]=[N-])c(F)c1F. The van der Waals surface area contributed by atoms with Gasteiger partial charge in [0.2, 0.25) is 5.91 Å². The van der Waals surface area contributed by atoms with Gasteiger partial charge in [0.05, 0.1) is 5.56 Å². The molecule has 1 aromatic rings. The summed E-state index contributed by atoms with van der Waals surface area (Å²) < 4.78 is 40.6. The van der Waals surface area contributed by atoms with Crippen molar-refractivity contribution in [2.24, 2.45) is 5.11 Å². The fourth-order valence-corrected chi connectivity index (χ4v) is 1.42. The Labute approximate surface area is 122 Å². The second kappa shape index (κ2) is 7.70. The van der Waals surface area contributed by atoms with E-state index in [1.165, 1.54) is 0 Å². The van der Waals surface area contributed by atoms with Gasteiger partial charge in [-0.1, -0.05) is 11.7 Å². The van der Waals surface area contributed by atoms with E-state index in [0.717, 1.165) is 6.08 Å². The van der Waals surface area contributed by atoms with E-state index >= 15 is 0 Å². The highest BCUT2D eigenvalue weighted by molar-refractivity contribution is 5.95. The molecule has 116 valence electrons. The van der Waals surface area contributed by atoms with Crippen molar-refractivity contribution >= 4 is 17.5 Å². The van der Waals surface area contributed by atoms with Gasteiger partial charge in [-0.05, 0) is 17.7 Å². The third-order valence-electron chi connectivity index (χ3n) is 2.42. The minimum atomic E-state index is -1.76. The van der Waals surface area contributed by atoms with Crippen molar-refractivity contribution in [3.8, 4) is 0 Å². The Hall–Kier alpha value is -3.00. The molecule has 0 aromatic heterocycles. The van der Waals surface area contributed by atoms with Crippen LogP contribution in [0.3, 0.4) is 0 Å². The number of rotatable bonds is 6. The highest BCUT2D eigenvalue weighted by Crippen LogP contribution is 2.27. The van der Waals surface area contributed by atoms with Crippen LogP contribution in [0.5, 0.6) is 0 Å². The number of nitrogens with zero attached hydrogens (tertiary/aromatic N) is 3. The fourth-order valence-electron chi connectivity index (χ4n) is 1.42. The summed E-state index contributed by atoms with van der Waals surface area (Å²) in [5.41, 5.74) is 6.08. The van der Waals surface area contributed by atoms with Crippen LogP contribution in [-0.4, -0.2) is 24.9 Å². The number of nitrogens with one attached hydrogen (secondary N) is 2. The van der Waals surface area contributed by atoms with E-state index in [9.17, 15) is 22.8 Å². The van der Waals surface area contributed by atoms with E-state index in [1.54, 1.807) is 0 Å². The van der Waals surface area contributed by atoms with Crippen LogP contribution in [0.1, 0.15) is 10.4 Å². The molecule has 0 heterocycles. The van der Waals surface area contributed by atoms with Crippen molar-refractivity contribution in [3.63, 3.8) is 0 Å². The number of benzene rings is 1. The minimum Gasteiger partial charge on any atom is -0.351 e. The molecule has 0 radical (unpaired) electrons. The summed E-state index contributed by atoms with van der Waals surface area (Å²) >= 11 is 0. The molecule has 0 aliphatic rings. The number of halogens is 3. The molecule has 22 heavy (non-hydrogen) atoms. The predicted molar refractivity (Wildman–Crippen MR) is 70.7 cm³/mol. The summed E-state index contributed by atoms with van der Waals surface area (Å²) in [5.74, 6) is -6.34. The van der Waals surface area contributed by atoms with Gasteiger partial charge in [-0.2, -0.15) is 0 Å². The van der Waals surface area contributed by atoms with Crippen LogP contribution in [0.4, 0.5) is 18.9 Å². The number of carbonyl (C=O) groups is 2. The molecule has 10 heteroatoms.